The minimum atomic E-state index is -4.81. The third kappa shape index (κ3) is 3.25. The first-order chi connectivity index (χ1) is 10.8. The van der Waals surface area contributed by atoms with Crippen LogP contribution in [-0.4, -0.2) is 39.8 Å². The molecular weight excluding hydrogens is 319 g/mol. The molecule has 0 aliphatic heterocycles. The van der Waals surface area contributed by atoms with E-state index in [1.165, 1.54) is 6.92 Å². The molecule has 2 aromatic rings. The third-order valence-electron chi connectivity index (χ3n) is 2.74. The van der Waals surface area contributed by atoms with E-state index in [9.17, 15) is 22.8 Å². The van der Waals surface area contributed by atoms with E-state index in [1.54, 1.807) is 6.92 Å². The summed E-state index contributed by atoms with van der Waals surface area (Å²) < 4.78 is 49.3. The number of hydrogen-bond donors (Lipinski definition) is 0. The summed E-state index contributed by atoms with van der Waals surface area (Å²) in [6.45, 7) is 3.04. The van der Waals surface area contributed by atoms with Crippen molar-refractivity contribution in [2.24, 2.45) is 0 Å². The number of aromatic nitrogens is 3. The van der Waals surface area contributed by atoms with Gasteiger partial charge in [-0.25, -0.2) is 19.1 Å². The maximum Gasteiger partial charge on any atom is 0.433 e. The van der Waals surface area contributed by atoms with E-state index in [4.69, 9.17) is 4.74 Å². The van der Waals surface area contributed by atoms with Crippen LogP contribution in [0.5, 0.6) is 0 Å². The lowest BCUT2D eigenvalue weighted by Crippen LogP contribution is -2.18. The van der Waals surface area contributed by atoms with Gasteiger partial charge in [-0.2, -0.15) is 18.3 Å². The van der Waals surface area contributed by atoms with Crippen LogP contribution >= 0.6 is 0 Å². The molecule has 0 amide bonds. The molecule has 0 aliphatic rings. The van der Waals surface area contributed by atoms with Crippen LogP contribution in [0.2, 0.25) is 0 Å². The first-order valence-electron chi connectivity index (χ1n) is 6.59. The Labute approximate surface area is 128 Å². The summed E-state index contributed by atoms with van der Waals surface area (Å²) >= 11 is 0. The highest BCUT2D eigenvalue weighted by Crippen LogP contribution is 2.30. The van der Waals surface area contributed by atoms with Gasteiger partial charge in [0.1, 0.15) is 5.56 Å². The van der Waals surface area contributed by atoms with Gasteiger partial charge >= 0.3 is 18.1 Å². The van der Waals surface area contributed by atoms with Gasteiger partial charge in [-0.3, -0.25) is 0 Å². The standard InChI is InChI=1S/C13H12F3N3O4/c1-3-22-11(20)7-6-17-19-9(13(14,15)16)5-8(18-10(7)19)12(21)23-4-2/h5-6H,3-4H2,1-2H3. The Hall–Kier alpha value is -2.65. The number of halogens is 3. The number of alkyl halides is 3. The maximum absolute atomic E-state index is 13.1. The van der Waals surface area contributed by atoms with Crippen molar-refractivity contribution in [2.45, 2.75) is 20.0 Å². The van der Waals surface area contributed by atoms with Crippen molar-refractivity contribution >= 4 is 17.6 Å². The highest BCUT2D eigenvalue weighted by atomic mass is 19.4. The second kappa shape index (κ2) is 6.23. The van der Waals surface area contributed by atoms with Gasteiger partial charge in [0.2, 0.25) is 0 Å². The van der Waals surface area contributed by atoms with Crippen LogP contribution in [0.25, 0.3) is 5.65 Å². The lowest BCUT2D eigenvalue weighted by molar-refractivity contribution is -0.142. The SMILES string of the molecule is CCOC(=O)c1cc(C(F)(F)F)n2ncc(C(=O)OCC)c2n1. The molecule has 10 heteroatoms. The Morgan fingerprint density at radius 1 is 1.17 bits per heavy atom. The minimum Gasteiger partial charge on any atom is -0.462 e. The van der Waals surface area contributed by atoms with E-state index in [2.05, 4.69) is 14.8 Å². The fraction of sp³-hybridized carbons (Fsp3) is 0.385. The first-order valence-corrected chi connectivity index (χ1v) is 6.59. The Kier molecular flexibility index (Phi) is 4.52. The quantitative estimate of drug-likeness (QED) is 0.798. The summed E-state index contributed by atoms with van der Waals surface area (Å²) in [5.41, 5.74) is -2.52. The monoisotopic (exact) mass is 331 g/mol. The molecule has 0 unspecified atom stereocenters. The topological polar surface area (TPSA) is 82.8 Å². The number of esters is 2. The summed E-state index contributed by atoms with van der Waals surface area (Å²) in [5.74, 6) is -1.92. The van der Waals surface area contributed by atoms with E-state index < -0.39 is 35.1 Å². The van der Waals surface area contributed by atoms with Crippen molar-refractivity contribution in [3.05, 3.63) is 29.2 Å². The van der Waals surface area contributed by atoms with Crippen molar-refractivity contribution in [1.29, 1.82) is 0 Å². The molecule has 0 spiro atoms. The lowest BCUT2D eigenvalue weighted by Gasteiger charge is -2.10. The average Bonchev–Trinajstić information content (AvgIpc) is 2.89. The summed E-state index contributed by atoms with van der Waals surface area (Å²) in [6, 6.07) is 0.521. The van der Waals surface area contributed by atoms with Crippen LogP contribution in [0, 0.1) is 0 Å². The predicted molar refractivity (Wildman–Crippen MR) is 69.9 cm³/mol. The van der Waals surface area contributed by atoms with Gasteiger partial charge in [0.15, 0.2) is 17.0 Å². The summed E-state index contributed by atoms with van der Waals surface area (Å²) in [5, 5.41) is 3.52. The molecule has 0 aliphatic carbocycles. The number of fused-ring (bicyclic) bond motifs is 1. The van der Waals surface area contributed by atoms with E-state index in [1.807, 2.05) is 0 Å². The molecule has 0 radical (unpaired) electrons. The molecule has 2 rings (SSSR count). The molecule has 124 valence electrons. The van der Waals surface area contributed by atoms with Crippen molar-refractivity contribution in [1.82, 2.24) is 14.6 Å². The van der Waals surface area contributed by atoms with Gasteiger partial charge in [0.05, 0.1) is 19.4 Å². The van der Waals surface area contributed by atoms with Crippen LogP contribution in [-0.2, 0) is 15.7 Å². The Balaban J connectivity index is 2.69. The van der Waals surface area contributed by atoms with Crippen LogP contribution in [0.1, 0.15) is 40.4 Å². The predicted octanol–water partition coefficient (Wildman–Crippen LogP) is 2.10. The third-order valence-corrected chi connectivity index (χ3v) is 2.74. The minimum absolute atomic E-state index is 0.0276. The average molecular weight is 331 g/mol. The molecule has 23 heavy (non-hydrogen) atoms. The first kappa shape index (κ1) is 16.7. The summed E-state index contributed by atoms with van der Waals surface area (Å²) in [6.07, 6.45) is -3.90. The van der Waals surface area contributed by atoms with Crippen LogP contribution in [0.3, 0.4) is 0 Å². The summed E-state index contributed by atoms with van der Waals surface area (Å²) in [7, 11) is 0. The maximum atomic E-state index is 13.1. The van der Waals surface area contributed by atoms with Crippen LogP contribution < -0.4 is 0 Å². The highest BCUT2D eigenvalue weighted by Gasteiger charge is 2.36. The number of hydrogen-bond acceptors (Lipinski definition) is 6. The zero-order valence-electron chi connectivity index (χ0n) is 12.2. The van der Waals surface area contributed by atoms with Crippen molar-refractivity contribution < 1.29 is 32.2 Å². The molecule has 0 atom stereocenters. The Morgan fingerprint density at radius 2 is 1.78 bits per heavy atom. The molecule has 0 bridgehead atoms. The Bertz CT molecular complexity index is 755. The molecule has 7 nitrogen and oxygen atoms in total. The second-order valence-corrected chi connectivity index (χ2v) is 4.26. The summed E-state index contributed by atoms with van der Waals surface area (Å²) in [4.78, 5) is 27.2. The Morgan fingerprint density at radius 3 is 2.35 bits per heavy atom. The fourth-order valence-electron chi connectivity index (χ4n) is 1.83. The molecule has 0 saturated carbocycles. The van der Waals surface area contributed by atoms with Gasteiger partial charge in [-0.05, 0) is 13.8 Å². The number of carbonyl (C=O) groups is 2. The zero-order chi connectivity index (χ0) is 17.2. The van der Waals surface area contributed by atoms with Gasteiger partial charge < -0.3 is 9.47 Å². The number of rotatable bonds is 4. The smallest absolute Gasteiger partial charge is 0.433 e. The van der Waals surface area contributed by atoms with E-state index >= 15 is 0 Å². The van der Waals surface area contributed by atoms with Gasteiger partial charge in [-0.15, -0.1) is 0 Å². The molecule has 0 N–H and O–H groups in total. The highest BCUT2D eigenvalue weighted by molar-refractivity contribution is 5.96. The van der Waals surface area contributed by atoms with Crippen LogP contribution in [0.4, 0.5) is 13.2 Å². The largest absolute Gasteiger partial charge is 0.462 e. The molecule has 0 aromatic carbocycles. The van der Waals surface area contributed by atoms with E-state index in [0.717, 1.165) is 6.20 Å². The number of ether oxygens (including phenoxy) is 2. The molecule has 2 aromatic heterocycles. The molecule has 2 heterocycles. The van der Waals surface area contributed by atoms with E-state index in [-0.39, 0.29) is 18.8 Å². The zero-order valence-corrected chi connectivity index (χ0v) is 12.2. The van der Waals surface area contributed by atoms with Crippen molar-refractivity contribution in [3.63, 3.8) is 0 Å². The van der Waals surface area contributed by atoms with Gasteiger partial charge in [-0.1, -0.05) is 0 Å². The van der Waals surface area contributed by atoms with Gasteiger partial charge in [0, 0.05) is 6.07 Å². The van der Waals surface area contributed by atoms with Crippen molar-refractivity contribution in [3.8, 4) is 0 Å². The number of carbonyl (C=O) groups excluding carboxylic acids is 2. The molecule has 0 fully saturated rings. The van der Waals surface area contributed by atoms with Crippen LogP contribution in [0.15, 0.2) is 12.3 Å². The van der Waals surface area contributed by atoms with Gasteiger partial charge in [0.25, 0.3) is 0 Å². The van der Waals surface area contributed by atoms with Crippen molar-refractivity contribution in [2.75, 3.05) is 13.2 Å². The second-order valence-electron chi connectivity index (χ2n) is 4.26. The molecule has 0 saturated heterocycles. The normalized spacial score (nSPS) is 11.5. The molecular formula is C13H12F3N3O4. The lowest BCUT2D eigenvalue weighted by atomic mass is 10.2. The fourth-order valence-corrected chi connectivity index (χ4v) is 1.83. The number of nitrogens with zero attached hydrogens (tertiary/aromatic N) is 3. The van der Waals surface area contributed by atoms with E-state index in [0.29, 0.717) is 10.6 Å².